The number of aromatic nitrogens is 1. The molecule has 0 aliphatic carbocycles. The zero-order valence-electron chi connectivity index (χ0n) is 13.5. The molecule has 9 heteroatoms. The van der Waals surface area contributed by atoms with Crippen molar-refractivity contribution in [2.45, 2.75) is 18.9 Å². The molecule has 2 aromatic heterocycles. The van der Waals surface area contributed by atoms with Gasteiger partial charge in [0.15, 0.2) is 9.84 Å². The van der Waals surface area contributed by atoms with Crippen molar-refractivity contribution in [3.8, 4) is 9.88 Å². The molecule has 6 nitrogen and oxygen atoms in total. The van der Waals surface area contributed by atoms with Crippen LogP contribution in [0, 0.1) is 0 Å². The maximum atomic E-state index is 12.7. The van der Waals surface area contributed by atoms with Crippen LogP contribution in [0.15, 0.2) is 22.9 Å². The van der Waals surface area contributed by atoms with Crippen LogP contribution in [0.4, 0.5) is 0 Å². The van der Waals surface area contributed by atoms with E-state index in [9.17, 15) is 13.2 Å². The second-order valence-corrected chi connectivity index (χ2v) is 9.97. The van der Waals surface area contributed by atoms with Gasteiger partial charge in [-0.15, -0.1) is 22.7 Å². The molecular weight excluding hydrogens is 366 g/mol. The van der Waals surface area contributed by atoms with E-state index >= 15 is 0 Å². The van der Waals surface area contributed by atoms with Crippen LogP contribution in [0.5, 0.6) is 0 Å². The number of carbonyl (C=O) groups excluding carboxylic acids is 1. The number of thiazole rings is 1. The first-order valence-corrected chi connectivity index (χ1v) is 11.1. The summed E-state index contributed by atoms with van der Waals surface area (Å²) in [6, 6.07) is 3.69. The molecule has 0 saturated carbocycles. The first-order chi connectivity index (χ1) is 11.4. The van der Waals surface area contributed by atoms with Gasteiger partial charge in [-0.1, -0.05) is 6.07 Å². The smallest absolute Gasteiger partial charge is 0.243 e. The zero-order chi connectivity index (χ0) is 17.3. The number of nitrogens with zero attached hydrogens (tertiary/aromatic N) is 3. The highest BCUT2D eigenvalue weighted by atomic mass is 32.2. The Labute approximate surface area is 149 Å². The van der Waals surface area contributed by atoms with Crippen LogP contribution in [0.25, 0.3) is 9.88 Å². The molecule has 24 heavy (non-hydrogen) atoms. The van der Waals surface area contributed by atoms with Crippen LogP contribution in [0.3, 0.4) is 0 Å². The number of hydrogen-bond acceptors (Lipinski definition) is 7. The summed E-state index contributed by atoms with van der Waals surface area (Å²) in [5.74, 6) is 0.0632. The number of sulfone groups is 1. The summed E-state index contributed by atoms with van der Waals surface area (Å²) in [6.07, 6.45) is 0.667. The van der Waals surface area contributed by atoms with Gasteiger partial charge in [-0.25, -0.2) is 18.4 Å². The largest absolute Gasteiger partial charge is 0.273 e. The van der Waals surface area contributed by atoms with E-state index in [1.807, 2.05) is 22.9 Å². The van der Waals surface area contributed by atoms with Gasteiger partial charge in [0.05, 0.1) is 34.5 Å². The summed E-state index contributed by atoms with van der Waals surface area (Å²) in [4.78, 5) is 18.3. The molecule has 1 atom stereocenters. The van der Waals surface area contributed by atoms with E-state index in [-0.39, 0.29) is 29.9 Å². The van der Waals surface area contributed by atoms with Crippen molar-refractivity contribution in [1.29, 1.82) is 0 Å². The molecule has 1 aliphatic rings. The van der Waals surface area contributed by atoms with Crippen molar-refractivity contribution in [2.75, 3.05) is 25.6 Å². The Morgan fingerprint density at radius 1 is 1.38 bits per heavy atom. The molecule has 1 amide bonds. The molecule has 3 heterocycles. The average Bonchev–Trinajstić information content (AvgIpc) is 3.19. The number of hydrazine groups is 1. The number of thiophene rings is 1. The lowest BCUT2D eigenvalue weighted by atomic mass is 10.2. The predicted molar refractivity (Wildman–Crippen MR) is 96.7 cm³/mol. The van der Waals surface area contributed by atoms with Crippen LogP contribution in [-0.2, 0) is 21.1 Å². The minimum atomic E-state index is -3.04. The fraction of sp³-hybridized carbons (Fsp3) is 0.467. The molecule has 0 N–H and O–H groups in total. The van der Waals surface area contributed by atoms with E-state index in [4.69, 9.17) is 0 Å². The Hall–Kier alpha value is -1.29. The minimum absolute atomic E-state index is 0.0361. The number of carbonyl (C=O) groups is 1. The number of amides is 1. The first kappa shape index (κ1) is 17.5. The van der Waals surface area contributed by atoms with Crippen LogP contribution in [0.2, 0.25) is 0 Å². The monoisotopic (exact) mass is 385 g/mol. The molecule has 1 saturated heterocycles. The Kier molecular flexibility index (Phi) is 5.05. The molecule has 1 aliphatic heterocycles. The van der Waals surface area contributed by atoms with Crippen LogP contribution in [0.1, 0.15) is 12.1 Å². The second-order valence-electron chi connectivity index (χ2n) is 5.94. The standard InChI is InChI=1S/C15H19N3O3S3/c1-17(2)18(12-5-7-24(20,21)10-12)14(19)8-11-9-23-15(16-11)13-4-3-6-22-13/h3-4,6,9,12H,5,7-8,10H2,1-2H3. The number of rotatable bonds is 5. The van der Waals surface area contributed by atoms with Gasteiger partial charge in [0.1, 0.15) is 5.01 Å². The van der Waals surface area contributed by atoms with E-state index in [1.165, 1.54) is 11.3 Å². The third-order valence-electron chi connectivity index (χ3n) is 3.86. The SMILES string of the molecule is CN(C)N(C(=O)Cc1csc(-c2cccs2)n1)C1CCS(=O)(=O)C1. The fourth-order valence-corrected chi connectivity index (χ4v) is 6.18. The van der Waals surface area contributed by atoms with Gasteiger partial charge in [-0.2, -0.15) is 0 Å². The van der Waals surface area contributed by atoms with Crippen molar-refractivity contribution in [3.63, 3.8) is 0 Å². The van der Waals surface area contributed by atoms with Gasteiger partial charge in [0.25, 0.3) is 0 Å². The van der Waals surface area contributed by atoms with Crippen LogP contribution < -0.4 is 0 Å². The molecular formula is C15H19N3O3S3. The lowest BCUT2D eigenvalue weighted by molar-refractivity contribution is -0.148. The lowest BCUT2D eigenvalue weighted by Crippen LogP contribution is -2.50. The second kappa shape index (κ2) is 6.91. The van der Waals surface area contributed by atoms with E-state index in [0.29, 0.717) is 6.42 Å². The van der Waals surface area contributed by atoms with Gasteiger partial charge in [0, 0.05) is 19.5 Å². The van der Waals surface area contributed by atoms with Crippen molar-refractivity contribution in [1.82, 2.24) is 15.0 Å². The maximum absolute atomic E-state index is 12.7. The topological polar surface area (TPSA) is 70.6 Å². The number of hydrogen-bond donors (Lipinski definition) is 0. The Bertz CT molecular complexity index is 812. The molecule has 130 valence electrons. The molecule has 0 radical (unpaired) electrons. The van der Waals surface area contributed by atoms with Gasteiger partial charge in [-0.05, 0) is 17.9 Å². The molecule has 0 bridgehead atoms. The summed E-state index contributed by atoms with van der Waals surface area (Å²) in [7, 11) is 0.491. The third-order valence-corrected chi connectivity index (χ3v) is 7.54. The van der Waals surface area contributed by atoms with Crippen molar-refractivity contribution in [3.05, 3.63) is 28.6 Å². The summed E-state index contributed by atoms with van der Waals surface area (Å²) in [6.45, 7) is 0. The summed E-state index contributed by atoms with van der Waals surface area (Å²) < 4.78 is 23.4. The van der Waals surface area contributed by atoms with Crippen molar-refractivity contribution < 1.29 is 13.2 Å². The summed E-state index contributed by atoms with van der Waals surface area (Å²) >= 11 is 3.14. The Balaban J connectivity index is 1.72. The minimum Gasteiger partial charge on any atom is -0.273 e. The van der Waals surface area contributed by atoms with Gasteiger partial charge in [-0.3, -0.25) is 9.80 Å². The first-order valence-electron chi connectivity index (χ1n) is 7.54. The highest BCUT2D eigenvalue weighted by Crippen LogP contribution is 2.28. The highest BCUT2D eigenvalue weighted by Gasteiger charge is 2.36. The van der Waals surface area contributed by atoms with E-state index < -0.39 is 9.84 Å². The fourth-order valence-electron chi connectivity index (χ4n) is 2.86. The predicted octanol–water partition coefficient (Wildman–Crippen LogP) is 1.91. The van der Waals surface area contributed by atoms with Crippen molar-refractivity contribution in [2.24, 2.45) is 0 Å². The van der Waals surface area contributed by atoms with Gasteiger partial charge in [0.2, 0.25) is 5.91 Å². The van der Waals surface area contributed by atoms with Crippen LogP contribution >= 0.6 is 22.7 Å². The van der Waals surface area contributed by atoms with Gasteiger partial charge < -0.3 is 0 Å². The van der Waals surface area contributed by atoms with E-state index in [1.54, 1.807) is 35.4 Å². The highest BCUT2D eigenvalue weighted by molar-refractivity contribution is 7.91. The van der Waals surface area contributed by atoms with Crippen molar-refractivity contribution >= 4 is 38.4 Å². The maximum Gasteiger partial charge on any atom is 0.243 e. The normalized spacial score (nSPS) is 19.7. The molecule has 1 fully saturated rings. The van der Waals surface area contributed by atoms with Crippen LogP contribution in [-0.4, -0.2) is 61.0 Å². The average molecular weight is 386 g/mol. The molecule has 1 unspecified atom stereocenters. The molecule has 0 spiro atoms. The summed E-state index contributed by atoms with van der Waals surface area (Å²) in [5, 5.41) is 8.05. The molecule has 2 aromatic rings. The quantitative estimate of drug-likeness (QED) is 0.735. The summed E-state index contributed by atoms with van der Waals surface area (Å²) in [5.41, 5.74) is 0.723. The Morgan fingerprint density at radius 2 is 2.17 bits per heavy atom. The van der Waals surface area contributed by atoms with E-state index in [2.05, 4.69) is 4.98 Å². The lowest BCUT2D eigenvalue weighted by Gasteiger charge is -2.33. The van der Waals surface area contributed by atoms with Gasteiger partial charge >= 0.3 is 0 Å². The Morgan fingerprint density at radius 3 is 2.75 bits per heavy atom. The third kappa shape index (κ3) is 3.85. The molecule has 0 aromatic carbocycles. The zero-order valence-corrected chi connectivity index (χ0v) is 16.0. The molecule has 3 rings (SSSR count). The van der Waals surface area contributed by atoms with E-state index in [0.717, 1.165) is 15.6 Å².